The Kier molecular flexibility index (Phi) is 4.43. The van der Waals surface area contributed by atoms with Crippen LogP contribution in [0.25, 0.3) is 10.2 Å². The van der Waals surface area contributed by atoms with Gasteiger partial charge in [0.05, 0.1) is 17.6 Å². The number of hydrogen-bond acceptors (Lipinski definition) is 5. The van der Waals surface area contributed by atoms with Crippen molar-refractivity contribution in [3.8, 4) is 0 Å². The molecule has 1 amide bonds. The molecule has 3 N–H and O–H groups in total. The summed E-state index contributed by atoms with van der Waals surface area (Å²) in [6.45, 7) is 3.95. The van der Waals surface area contributed by atoms with E-state index in [1.807, 2.05) is 12.3 Å². The third kappa shape index (κ3) is 3.30. The fourth-order valence-corrected chi connectivity index (χ4v) is 3.08. The van der Waals surface area contributed by atoms with Crippen LogP contribution >= 0.6 is 11.3 Å². The van der Waals surface area contributed by atoms with Gasteiger partial charge in [0, 0.05) is 7.05 Å². The second-order valence-corrected chi connectivity index (χ2v) is 6.39. The number of rotatable bonds is 5. The molecule has 2 rings (SSSR count). The Morgan fingerprint density at radius 1 is 1.57 bits per heavy atom. The van der Waals surface area contributed by atoms with Crippen LogP contribution in [0.3, 0.4) is 0 Å². The Morgan fingerprint density at radius 3 is 2.95 bits per heavy atom. The van der Waals surface area contributed by atoms with E-state index in [1.165, 1.54) is 16.2 Å². The zero-order chi connectivity index (χ0) is 15.6. The van der Waals surface area contributed by atoms with Crippen molar-refractivity contribution in [2.45, 2.75) is 38.8 Å². The van der Waals surface area contributed by atoms with Gasteiger partial charge in [-0.25, -0.2) is 4.98 Å². The lowest BCUT2D eigenvalue weighted by molar-refractivity contribution is -0.136. The highest BCUT2D eigenvalue weighted by atomic mass is 32.1. The normalized spacial score (nSPS) is 14.1. The first-order valence-corrected chi connectivity index (χ1v) is 7.74. The number of nitrogens with one attached hydrogen (secondary N) is 1. The number of aromatic nitrogens is 2. The predicted molar refractivity (Wildman–Crippen MR) is 84.2 cm³/mol. The standard InChI is InChI=1S/C14H20N4O2S/c1-4-6-14(2,15)13(20)18(3)8-10-16-9-5-7-21-11(9)12(19)17-10/h5,7H,4,6,8,15H2,1-3H3,(H,16,17,19). The molecular formula is C14H20N4O2S. The quantitative estimate of drug-likeness (QED) is 0.874. The van der Waals surface area contributed by atoms with Gasteiger partial charge in [0.15, 0.2) is 0 Å². The highest BCUT2D eigenvalue weighted by Crippen LogP contribution is 2.16. The first kappa shape index (κ1) is 15.7. The van der Waals surface area contributed by atoms with E-state index in [4.69, 9.17) is 5.73 Å². The number of aromatic amines is 1. The van der Waals surface area contributed by atoms with E-state index in [9.17, 15) is 9.59 Å². The molecule has 6 nitrogen and oxygen atoms in total. The summed E-state index contributed by atoms with van der Waals surface area (Å²) in [4.78, 5) is 32.8. The molecule has 1 atom stereocenters. The number of carbonyl (C=O) groups excluding carboxylic acids is 1. The van der Waals surface area contributed by atoms with Crippen molar-refractivity contribution >= 4 is 27.5 Å². The highest BCUT2D eigenvalue weighted by Gasteiger charge is 2.30. The smallest absolute Gasteiger partial charge is 0.268 e. The molecule has 0 radical (unpaired) electrons. The zero-order valence-electron chi connectivity index (χ0n) is 12.5. The van der Waals surface area contributed by atoms with Gasteiger partial charge in [0.2, 0.25) is 5.91 Å². The van der Waals surface area contributed by atoms with E-state index < -0.39 is 5.54 Å². The number of likely N-dealkylation sites (N-methyl/N-ethyl adjacent to an activating group) is 1. The number of fused-ring (bicyclic) bond motifs is 1. The number of H-pyrrole nitrogens is 1. The summed E-state index contributed by atoms with van der Waals surface area (Å²) in [5.41, 5.74) is 5.64. The van der Waals surface area contributed by atoms with Crippen LogP contribution in [0.15, 0.2) is 16.2 Å². The summed E-state index contributed by atoms with van der Waals surface area (Å²) >= 11 is 1.35. The number of hydrogen-bond donors (Lipinski definition) is 2. The van der Waals surface area contributed by atoms with E-state index in [0.29, 0.717) is 22.5 Å². The molecule has 0 aliphatic rings. The van der Waals surface area contributed by atoms with Gasteiger partial charge in [-0.2, -0.15) is 0 Å². The Hall–Kier alpha value is -1.73. The van der Waals surface area contributed by atoms with Crippen molar-refractivity contribution in [3.63, 3.8) is 0 Å². The van der Waals surface area contributed by atoms with Crippen molar-refractivity contribution in [1.29, 1.82) is 0 Å². The van der Waals surface area contributed by atoms with Crippen molar-refractivity contribution in [2.75, 3.05) is 7.05 Å². The Balaban J connectivity index is 2.19. The molecule has 0 spiro atoms. The molecule has 7 heteroatoms. The largest absolute Gasteiger partial charge is 0.337 e. The fourth-order valence-electron chi connectivity index (χ4n) is 2.36. The summed E-state index contributed by atoms with van der Waals surface area (Å²) in [5.74, 6) is 0.312. The second kappa shape index (κ2) is 5.95. The van der Waals surface area contributed by atoms with Crippen LogP contribution in [0.1, 0.15) is 32.5 Å². The molecule has 2 aromatic rings. The minimum absolute atomic E-state index is 0.155. The molecule has 2 heterocycles. The maximum atomic E-state index is 12.3. The summed E-state index contributed by atoms with van der Waals surface area (Å²) < 4.78 is 0.599. The third-order valence-corrected chi connectivity index (χ3v) is 4.26. The fraction of sp³-hybridized carbons (Fsp3) is 0.500. The van der Waals surface area contributed by atoms with Crippen LogP contribution < -0.4 is 11.3 Å². The molecular weight excluding hydrogens is 288 g/mol. The van der Waals surface area contributed by atoms with Crippen LogP contribution in [-0.4, -0.2) is 33.4 Å². The van der Waals surface area contributed by atoms with E-state index in [1.54, 1.807) is 20.0 Å². The monoisotopic (exact) mass is 308 g/mol. The van der Waals surface area contributed by atoms with Gasteiger partial charge in [0.1, 0.15) is 10.5 Å². The SMILES string of the molecule is CCCC(C)(N)C(=O)N(C)Cc1nc2ccsc2c(=O)[nH]1. The maximum Gasteiger partial charge on any atom is 0.268 e. The molecule has 0 saturated carbocycles. The maximum absolute atomic E-state index is 12.3. The Labute approximate surface area is 127 Å². The predicted octanol–water partition coefficient (Wildman–Crippen LogP) is 1.46. The van der Waals surface area contributed by atoms with Crippen molar-refractivity contribution in [3.05, 3.63) is 27.6 Å². The van der Waals surface area contributed by atoms with Gasteiger partial charge in [-0.3, -0.25) is 9.59 Å². The number of nitrogens with two attached hydrogens (primary N) is 1. The summed E-state index contributed by atoms with van der Waals surface area (Å²) in [6.07, 6.45) is 1.45. The summed E-state index contributed by atoms with van der Waals surface area (Å²) in [6, 6.07) is 1.80. The minimum Gasteiger partial charge on any atom is -0.337 e. The molecule has 2 aromatic heterocycles. The van der Waals surface area contributed by atoms with Gasteiger partial charge in [-0.05, 0) is 24.8 Å². The zero-order valence-corrected chi connectivity index (χ0v) is 13.3. The lowest BCUT2D eigenvalue weighted by Gasteiger charge is -2.28. The van der Waals surface area contributed by atoms with Gasteiger partial charge >= 0.3 is 0 Å². The van der Waals surface area contributed by atoms with E-state index in [2.05, 4.69) is 9.97 Å². The van der Waals surface area contributed by atoms with Gasteiger partial charge in [0.25, 0.3) is 5.56 Å². The highest BCUT2D eigenvalue weighted by molar-refractivity contribution is 7.17. The number of amides is 1. The minimum atomic E-state index is -0.893. The van der Waals surface area contributed by atoms with E-state index >= 15 is 0 Å². The lowest BCUT2D eigenvalue weighted by atomic mass is 9.96. The van der Waals surface area contributed by atoms with Crippen LogP contribution in [0.4, 0.5) is 0 Å². The average Bonchev–Trinajstić information content (AvgIpc) is 2.86. The second-order valence-electron chi connectivity index (χ2n) is 5.48. The molecule has 0 aliphatic heterocycles. The van der Waals surface area contributed by atoms with Gasteiger partial charge in [-0.1, -0.05) is 13.3 Å². The first-order valence-electron chi connectivity index (χ1n) is 6.86. The topological polar surface area (TPSA) is 92.1 Å². The summed E-state index contributed by atoms with van der Waals surface area (Å²) in [7, 11) is 1.67. The number of nitrogens with zero attached hydrogens (tertiary/aromatic N) is 2. The molecule has 0 aliphatic carbocycles. The third-order valence-electron chi connectivity index (χ3n) is 3.36. The van der Waals surface area contributed by atoms with Gasteiger partial charge < -0.3 is 15.6 Å². The molecule has 0 saturated heterocycles. The molecule has 0 fully saturated rings. The van der Waals surface area contributed by atoms with Crippen LogP contribution in [0, 0.1) is 0 Å². The van der Waals surface area contributed by atoms with Crippen LogP contribution in [-0.2, 0) is 11.3 Å². The van der Waals surface area contributed by atoms with Gasteiger partial charge in [-0.15, -0.1) is 11.3 Å². The van der Waals surface area contributed by atoms with E-state index in [-0.39, 0.29) is 18.0 Å². The molecule has 21 heavy (non-hydrogen) atoms. The number of thiophene rings is 1. The van der Waals surface area contributed by atoms with Crippen LogP contribution in [0.5, 0.6) is 0 Å². The van der Waals surface area contributed by atoms with Crippen molar-refractivity contribution < 1.29 is 4.79 Å². The van der Waals surface area contributed by atoms with Crippen LogP contribution in [0.2, 0.25) is 0 Å². The number of carbonyl (C=O) groups is 1. The average molecular weight is 308 g/mol. The van der Waals surface area contributed by atoms with Crippen molar-refractivity contribution in [2.24, 2.45) is 5.73 Å². The van der Waals surface area contributed by atoms with Crippen molar-refractivity contribution in [1.82, 2.24) is 14.9 Å². The Bertz CT molecular complexity index is 704. The molecule has 0 aromatic carbocycles. The summed E-state index contributed by atoms with van der Waals surface area (Å²) in [5, 5.41) is 1.82. The van der Waals surface area contributed by atoms with E-state index in [0.717, 1.165) is 6.42 Å². The molecule has 1 unspecified atom stereocenters. The Morgan fingerprint density at radius 2 is 2.29 bits per heavy atom. The molecule has 0 bridgehead atoms. The molecule has 114 valence electrons. The first-order chi connectivity index (χ1) is 9.85. The lowest BCUT2D eigenvalue weighted by Crippen LogP contribution is -2.51.